The molecule has 0 aliphatic heterocycles. The summed E-state index contributed by atoms with van der Waals surface area (Å²) in [6.07, 6.45) is -0.429. The first-order valence-corrected chi connectivity index (χ1v) is 6.68. The minimum atomic E-state index is -2.87. The SMILES string of the molecule is COP(=S)(OC)C(CC(=O)O)C(=O)S. The third kappa shape index (κ3) is 3.67. The van der Waals surface area contributed by atoms with Crippen LogP contribution >= 0.6 is 19.1 Å². The largest absolute Gasteiger partial charge is 0.481 e. The smallest absolute Gasteiger partial charge is 0.304 e. The first-order valence-electron chi connectivity index (χ1n) is 3.53. The Morgan fingerprint density at radius 2 is 1.93 bits per heavy atom. The molecule has 0 radical (unpaired) electrons. The van der Waals surface area contributed by atoms with Crippen LogP contribution in [0.2, 0.25) is 0 Å². The van der Waals surface area contributed by atoms with Crippen molar-refractivity contribution < 1.29 is 23.7 Å². The minimum Gasteiger partial charge on any atom is -0.481 e. The van der Waals surface area contributed by atoms with Gasteiger partial charge < -0.3 is 14.2 Å². The second-order valence-electron chi connectivity index (χ2n) is 2.36. The predicted molar refractivity (Wildman–Crippen MR) is 58.3 cm³/mol. The van der Waals surface area contributed by atoms with Crippen LogP contribution in [-0.4, -0.2) is 36.1 Å². The Labute approximate surface area is 92.4 Å². The summed E-state index contributed by atoms with van der Waals surface area (Å²) in [4.78, 5) is 21.5. The average Bonchev–Trinajstić information content (AvgIpc) is 2.12. The van der Waals surface area contributed by atoms with Crippen LogP contribution in [0, 0.1) is 0 Å². The standard InChI is InChI=1S/C6H11O5PS2/c1-10-12(14,11-2)4(6(9)13)3-5(7)8/h4H,3H2,1-2H3,(H,7,8)(H,9,13). The topological polar surface area (TPSA) is 72.8 Å². The van der Waals surface area contributed by atoms with Crippen molar-refractivity contribution in [2.45, 2.75) is 12.1 Å². The molecule has 0 aliphatic carbocycles. The fourth-order valence-electron chi connectivity index (χ4n) is 0.829. The third-order valence-corrected chi connectivity index (χ3v) is 5.92. The van der Waals surface area contributed by atoms with Crippen LogP contribution in [0.25, 0.3) is 0 Å². The summed E-state index contributed by atoms with van der Waals surface area (Å²) >= 11 is 8.52. The van der Waals surface area contributed by atoms with Gasteiger partial charge in [0.15, 0.2) is 11.6 Å². The van der Waals surface area contributed by atoms with Crippen LogP contribution in [0.15, 0.2) is 0 Å². The number of rotatable bonds is 6. The Bertz CT molecular complexity index is 271. The van der Waals surface area contributed by atoms with Crippen molar-refractivity contribution in [1.29, 1.82) is 0 Å². The molecule has 0 saturated heterocycles. The van der Waals surface area contributed by atoms with Crippen LogP contribution in [-0.2, 0) is 30.4 Å². The van der Waals surface area contributed by atoms with E-state index in [1.54, 1.807) is 0 Å². The molecule has 1 unspecified atom stereocenters. The summed E-state index contributed by atoms with van der Waals surface area (Å²) in [7, 11) is 2.58. The van der Waals surface area contributed by atoms with Crippen molar-refractivity contribution in [3.8, 4) is 0 Å². The molecule has 1 atom stereocenters. The summed E-state index contributed by atoms with van der Waals surface area (Å²) < 4.78 is 9.76. The molecule has 0 rings (SSSR count). The average molecular weight is 258 g/mol. The van der Waals surface area contributed by atoms with E-state index in [1.807, 2.05) is 0 Å². The van der Waals surface area contributed by atoms with Crippen molar-refractivity contribution in [2.24, 2.45) is 0 Å². The van der Waals surface area contributed by atoms with Crippen molar-refractivity contribution in [3.63, 3.8) is 0 Å². The molecule has 8 heteroatoms. The van der Waals surface area contributed by atoms with Gasteiger partial charge in [-0.1, -0.05) is 0 Å². The second-order valence-corrected chi connectivity index (χ2v) is 6.76. The minimum absolute atomic E-state index is 0.429. The molecule has 0 aromatic carbocycles. The second kappa shape index (κ2) is 5.82. The molecule has 0 saturated carbocycles. The Balaban J connectivity index is 4.89. The van der Waals surface area contributed by atoms with Crippen molar-refractivity contribution in [1.82, 2.24) is 0 Å². The van der Waals surface area contributed by atoms with Gasteiger partial charge in [-0.2, -0.15) is 0 Å². The summed E-state index contributed by atoms with van der Waals surface area (Å²) in [6, 6.07) is 0. The molecule has 0 heterocycles. The van der Waals surface area contributed by atoms with Crippen LogP contribution in [0.4, 0.5) is 0 Å². The molecule has 0 bridgehead atoms. The Kier molecular flexibility index (Phi) is 5.85. The van der Waals surface area contributed by atoms with Gasteiger partial charge in [-0.25, -0.2) is 0 Å². The molecule has 14 heavy (non-hydrogen) atoms. The maximum atomic E-state index is 11.0. The maximum absolute atomic E-state index is 11.0. The van der Waals surface area contributed by atoms with Crippen molar-refractivity contribution in [3.05, 3.63) is 0 Å². The van der Waals surface area contributed by atoms with E-state index in [0.29, 0.717) is 0 Å². The zero-order valence-corrected chi connectivity index (χ0v) is 10.3. The number of thiol groups is 1. The van der Waals surface area contributed by atoms with E-state index in [0.717, 1.165) is 0 Å². The highest BCUT2D eigenvalue weighted by Gasteiger charge is 2.35. The van der Waals surface area contributed by atoms with Gasteiger partial charge in [-0.05, 0) is 11.8 Å². The van der Waals surface area contributed by atoms with E-state index >= 15 is 0 Å². The lowest BCUT2D eigenvalue weighted by Crippen LogP contribution is -2.22. The van der Waals surface area contributed by atoms with Crippen LogP contribution in [0.5, 0.6) is 0 Å². The zero-order valence-electron chi connectivity index (χ0n) is 7.67. The zero-order chi connectivity index (χ0) is 11.4. The number of hydrogen-bond donors (Lipinski definition) is 2. The fraction of sp³-hybridized carbons (Fsp3) is 0.667. The molecule has 0 aromatic heterocycles. The van der Waals surface area contributed by atoms with Gasteiger partial charge in [-0.15, -0.1) is 12.6 Å². The summed E-state index contributed by atoms with van der Waals surface area (Å²) in [6.45, 7) is -2.87. The molecule has 0 aliphatic rings. The quantitative estimate of drug-likeness (QED) is 0.544. The molecule has 82 valence electrons. The highest BCUT2D eigenvalue weighted by atomic mass is 32.5. The molecular formula is C6H11O5PS2. The van der Waals surface area contributed by atoms with Gasteiger partial charge >= 0.3 is 5.97 Å². The van der Waals surface area contributed by atoms with Gasteiger partial charge in [0.2, 0.25) is 0 Å². The molecule has 0 spiro atoms. The van der Waals surface area contributed by atoms with Gasteiger partial charge in [0.05, 0.1) is 6.42 Å². The summed E-state index contributed by atoms with van der Waals surface area (Å²) in [5.74, 6) is -1.14. The monoisotopic (exact) mass is 258 g/mol. The number of carboxylic acid groups (broad SMARTS) is 1. The number of carbonyl (C=O) groups excluding carboxylic acids is 1. The molecule has 0 aromatic rings. The maximum Gasteiger partial charge on any atom is 0.304 e. The van der Waals surface area contributed by atoms with Crippen molar-refractivity contribution >= 4 is 42.0 Å². The summed E-state index contributed by atoms with van der Waals surface area (Å²) in [5.41, 5.74) is -1.01. The summed E-state index contributed by atoms with van der Waals surface area (Å²) in [5, 5.41) is 7.94. The molecule has 0 fully saturated rings. The van der Waals surface area contributed by atoms with Gasteiger partial charge in [0.25, 0.3) is 0 Å². The number of hydrogen-bond acceptors (Lipinski definition) is 5. The number of carbonyl (C=O) groups is 2. The number of carboxylic acids is 1. The fourth-order valence-corrected chi connectivity index (χ4v) is 3.43. The normalized spacial score (nSPS) is 13.6. The van der Waals surface area contributed by atoms with E-state index < -0.39 is 29.7 Å². The van der Waals surface area contributed by atoms with Gasteiger partial charge in [0.1, 0.15) is 5.66 Å². The van der Waals surface area contributed by atoms with E-state index in [-0.39, 0.29) is 0 Å². The Hall–Kier alpha value is 0.0600. The van der Waals surface area contributed by atoms with E-state index in [1.165, 1.54) is 14.2 Å². The van der Waals surface area contributed by atoms with E-state index in [2.05, 4.69) is 12.6 Å². The Morgan fingerprint density at radius 3 is 2.14 bits per heavy atom. The highest BCUT2D eigenvalue weighted by molar-refractivity contribution is 8.12. The highest BCUT2D eigenvalue weighted by Crippen LogP contribution is 2.53. The molecule has 1 N–H and O–H groups in total. The lowest BCUT2D eigenvalue weighted by atomic mass is 10.3. The Morgan fingerprint density at radius 1 is 1.50 bits per heavy atom. The predicted octanol–water partition coefficient (Wildman–Crippen LogP) is 0.888. The lowest BCUT2D eigenvalue weighted by molar-refractivity contribution is -0.137. The molecule has 5 nitrogen and oxygen atoms in total. The van der Waals surface area contributed by atoms with Crippen molar-refractivity contribution in [2.75, 3.05) is 14.2 Å². The van der Waals surface area contributed by atoms with Crippen LogP contribution in [0.1, 0.15) is 6.42 Å². The number of aliphatic carboxylic acids is 1. The first-order chi connectivity index (χ1) is 6.37. The van der Waals surface area contributed by atoms with Crippen LogP contribution in [0.3, 0.4) is 0 Å². The third-order valence-electron chi connectivity index (χ3n) is 1.54. The molecule has 0 amide bonds. The molecular weight excluding hydrogens is 247 g/mol. The first kappa shape index (κ1) is 14.1. The van der Waals surface area contributed by atoms with E-state index in [9.17, 15) is 9.59 Å². The lowest BCUT2D eigenvalue weighted by Gasteiger charge is -2.24. The van der Waals surface area contributed by atoms with Gasteiger partial charge in [-0.3, -0.25) is 9.59 Å². The van der Waals surface area contributed by atoms with Gasteiger partial charge in [0, 0.05) is 14.2 Å². The van der Waals surface area contributed by atoms with E-state index in [4.69, 9.17) is 26.0 Å². The van der Waals surface area contributed by atoms with Crippen LogP contribution < -0.4 is 0 Å².